The summed E-state index contributed by atoms with van der Waals surface area (Å²) in [5.74, 6) is 0.268. The number of rotatable bonds is 2. The molecule has 1 aromatic carbocycles. The number of anilines is 2. The van der Waals surface area contributed by atoms with E-state index in [0.717, 1.165) is 48.1 Å². The van der Waals surface area contributed by atoms with Crippen molar-refractivity contribution >= 4 is 23.2 Å². The third kappa shape index (κ3) is 2.69. The van der Waals surface area contributed by atoms with Crippen LogP contribution in [0, 0.1) is 0 Å². The molecule has 0 bridgehead atoms. The number of hydrogen-bond donors (Lipinski definition) is 2. The Hall–Kier alpha value is -1.85. The smallest absolute Gasteiger partial charge is 0.220 e. The van der Waals surface area contributed by atoms with Crippen molar-refractivity contribution in [3.8, 4) is 11.3 Å². The highest BCUT2D eigenvalue weighted by molar-refractivity contribution is 6.33. The van der Waals surface area contributed by atoms with Gasteiger partial charge in [-0.2, -0.15) is 0 Å². The predicted molar refractivity (Wildman–Crippen MR) is 82.0 cm³/mol. The normalized spacial score (nSPS) is 15.3. The predicted octanol–water partition coefficient (Wildman–Crippen LogP) is 1.79. The number of hydrogen-bond acceptors (Lipinski definition) is 5. The average Bonchev–Trinajstić information content (AvgIpc) is 2.48. The van der Waals surface area contributed by atoms with Crippen molar-refractivity contribution in [1.82, 2.24) is 15.3 Å². The van der Waals surface area contributed by atoms with Crippen molar-refractivity contribution in [1.29, 1.82) is 0 Å². The zero-order valence-corrected chi connectivity index (χ0v) is 11.8. The van der Waals surface area contributed by atoms with Crippen LogP contribution in [-0.4, -0.2) is 36.1 Å². The minimum absolute atomic E-state index is 0.268. The zero-order valence-electron chi connectivity index (χ0n) is 11.0. The van der Waals surface area contributed by atoms with E-state index in [0.29, 0.717) is 0 Å². The van der Waals surface area contributed by atoms with Gasteiger partial charge < -0.3 is 16.0 Å². The van der Waals surface area contributed by atoms with E-state index in [1.807, 2.05) is 24.3 Å². The molecule has 0 saturated carbocycles. The van der Waals surface area contributed by atoms with E-state index in [1.54, 1.807) is 6.20 Å². The second-order valence-corrected chi connectivity index (χ2v) is 5.11. The lowest BCUT2D eigenvalue weighted by Crippen LogP contribution is -2.43. The molecule has 6 heteroatoms. The largest absolute Gasteiger partial charge is 0.368 e. The van der Waals surface area contributed by atoms with Gasteiger partial charge in [0.25, 0.3) is 0 Å². The molecule has 0 spiro atoms. The molecular formula is C14H16ClN5. The standard InChI is InChI=1S/C14H16ClN5/c15-11-9-10(12-3-4-18-14(16)19-12)1-2-13(11)20-7-5-17-6-8-20/h1-4,9,17H,5-8H2,(H2,16,18,19). The molecule has 2 aromatic rings. The third-order valence-corrected chi connectivity index (χ3v) is 3.68. The molecule has 0 unspecified atom stereocenters. The van der Waals surface area contributed by atoms with Gasteiger partial charge in [0.15, 0.2) is 0 Å². The molecule has 2 heterocycles. The lowest BCUT2D eigenvalue weighted by atomic mass is 10.1. The minimum atomic E-state index is 0.268. The van der Waals surface area contributed by atoms with E-state index >= 15 is 0 Å². The lowest BCUT2D eigenvalue weighted by Gasteiger charge is -2.30. The van der Waals surface area contributed by atoms with Crippen LogP contribution < -0.4 is 16.0 Å². The summed E-state index contributed by atoms with van der Waals surface area (Å²) in [6.07, 6.45) is 1.65. The van der Waals surface area contributed by atoms with Gasteiger partial charge in [-0.1, -0.05) is 17.7 Å². The molecule has 0 radical (unpaired) electrons. The van der Waals surface area contributed by atoms with Crippen LogP contribution in [0.5, 0.6) is 0 Å². The molecule has 20 heavy (non-hydrogen) atoms. The van der Waals surface area contributed by atoms with Crippen molar-refractivity contribution < 1.29 is 0 Å². The molecule has 1 aliphatic heterocycles. The van der Waals surface area contributed by atoms with E-state index in [-0.39, 0.29) is 5.95 Å². The highest BCUT2D eigenvalue weighted by atomic mass is 35.5. The molecule has 3 rings (SSSR count). The Kier molecular flexibility index (Phi) is 3.71. The van der Waals surface area contributed by atoms with Crippen LogP contribution in [0.2, 0.25) is 5.02 Å². The fourth-order valence-electron chi connectivity index (χ4n) is 2.36. The van der Waals surface area contributed by atoms with E-state index in [1.165, 1.54) is 0 Å². The van der Waals surface area contributed by atoms with E-state index in [2.05, 4.69) is 20.2 Å². The van der Waals surface area contributed by atoms with Gasteiger partial charge in [-0.25, -0.2) is 9.97 Å². The molecule has 5 nitrogen and oxygen atoms in total. The first-order valence-electron chi connectivity index (χ1n) is 6.58. The van der Waals surface area contributed by atoms with Gasteiger partial charge in [0.05, 0.1) is 16.4 Å². The number of nitrogens with two attached hydrogens (primary N) is 1. The number of halogens is 1. The maximum atomic E-state index is 6.42. The summed E-state index contributed by atoms with van der Waals surface area (Å²) >= 11 is 6.42. The Morgan fingerprint density at radius 3 is 2.70 bits per heavy atom. The Bertz CT molecular complexity index is 610. The van der Waals surface area contributed by atoms with Gasteiger partial charge >= 0.3 is 0 Å². The molecule has 0 atom stereocenters. The SMILES string of the molecule is Nc1nccc(-c2ccc(N3CCNCC3)c(Cl)c2)n1. The monoisotopic (exact) mass is 289 g/mol. The summed E-state index contributed by atoms with van der Waals surface area (Å²) < 4.78 is 0. The molecule has 0 amide bonds. The molecule has 104 valence electrons. The topological polar surface area (TPSA) is 67.1 Å². The first-order valence-corrected chi connectivity index (χ1v) is 6.96. The minimum Gasteiger partial charge on any atom is -0.368 e. The fraction of sp³-hybridized carbons (Fsp3) is 0.286. The molecule has 1 saturated heterocycles. The van der Waals surface area contributed by atoms with Crippen molar-refractivity contribution in [3.05, 3.63) is 35.5 Å². The first kappa shape index (κ1) is 13.1. The number of aromatic nitrogens is 2. The van der Waals surface area contributed by atoms with Crippen LogP contribution in [0.15, 0.2) is 30.5 Å². The van der Waals surface area contributed by atoms with Crippen LogP contribution in [0.3, 0.4) is 0 Å². The molecule has 0 aliphatic carbocycles. The molecular weight excluding hydrogens is 274 g/mol. The maximum absolute atomic E-state index is 6.42. The fourth-order valence-corrected chi connectivity index (χ4v) is 2.66. The highest BCUT2D eigenvalue weighted by Gasteiger charge is 2.14. The van der Waals surface area contributed by atoms with Crippen LogP contribution in [0.1, 0.15) is 0 Å². The van der Waals surface area contributed by atoms with Crippen LogP contribution in [0.4, 0.5) is 11.6 Å². The number of nitrogens with zero attached hydrogens (tertiary/aromatic N) is 3. The quantitative estimate of drug-likeness (QED) is 0.882. The van der Waals surface area contributed by atoms with Gasteiger partial charge in [0.2, 0.25) is 5.95 Å². The second kappa shape index (κ2) is 5.64. The number of nitrogens with one attached hydrogen (secondary N) is 1. The van der Waals surface area contributed by atoms with Crippen LogP contribution in [0.25, 0.3) is 11.3 Å². The van der Waals surface area contributed by atoms with Crippen LogP contribution >= 0.6 is 11.6 Å². The summed E-state index contributed by atoms with van der Waals surface area (Å²) in [6.45, 7) is 3.92. The molecule has 1 aliphatic rings. The summed E-state index contributed by atoms with van der Waals surface area (Å²) in [5.41, 5.74) is 8.41. The Balaban J connectivity index is 1.90. The summed E-state index contributed by atoms with van der Waals surface area (Å²) in [7, 11) is 0. The van der Waals surface area contributed by atoms with E-state index in [4.69, 9.17) is 17.3 Å². The van der Waals surface area contributed by atoms with Crippen molar-refractivity contribution in [2.75, 3.05) is 36.8 Å². The maximum Gasteiger partial charge on any atom is 0.220 e. The van der Waals surface area contributed by atoms with Gasteiger partial charge in [-0.15, -0.1) is 0 Å². The van der Waals surface area contributed by atoms with Crippen molar-refractivity contribution in [3.63, 3.8) is 0 Å². The Labute approximate surface area is 122 Å². The number of benzene rings is 1. The Morgan fingerprint density at radius 2 is 2.00 bits per heavy atom. The summed E-state index contributed by atoms with van der Waals surface area (Å²) in [4.78, 5) is 10.4. The first-order chi connectivity index (χ1) is 9.74. The average molecular weight is 290 g/mol. The number of piperazine rings is 1. The third-order valence-electron chi connectivity index (χ3n) is 3.38. The van der Waals surface area contributed by atoms with E-state index in [9.17, 15) is 0 Å². The van der Waals surface area contributed by atoms with Gasteiger partial charge in [0, 0.05) is 37.9 Å². The highest BCUT2D eigenvalue weighted by Crippen LogP contribution is 2.30. The summed E-state index contributed by atoms with van der Waals surface area (Å²) in [6, 6.07) is 7.82. The van der Waals surface area contributed by atoms with Crippen LogP contribution in [-0.2, 0) is 0 Å². The van der Waals surface area contributed by atoms with Gasteiger partial charge in [-0.05, 0) is 18.2 Å². The summed E-state index contributed by atoms with van der Waals surface area (Å²) in [5, 5.41) is 4.07. The number of nitrogen functional groups attached to an aromatic ring is 1. The van der Waals surface area contributed by atoms with E-state index < -0.39 is 0 Å². The molecule has 3 N–H and O–H groups in total. The zero-order chi connectivity index (χ0) is 13.9. The van der Waals surface area contributed by atoms with Crippen molar-refractivity contribution in [2.45, 2.75) is 0 Å². The lowest BCUT2D eigenvalue weighted by molar-refractivity contribution is 0.589. The molecule has 1 fully saturated rings. The van der Waals surface area contributed by atoms with Gasteiger partial charge in [0.1, 0.15) is 0 Å². The van der Waals surface area contributed by atoms with Crippen molar-refractivity contribution in [2.24, 2.45) is 0 Å². The Morgan fingerprint density at radius 1 is 1.20 bits per heavy atom. The molecule has 1 aromatic heterocycles. The second-order valence-electron chi connectivity index (χ2n) is 4.70. The van der Waals surface area contributed by atoms with Gasteiger partial charge in [-0.3, -0.25) is 0 Å².